The van der Waals surface area contributed by atoms with Gasteiger partial charge < -0.3 is 14.8 Å². The molecule has 29 heavy (non-hydrogen) atoms. The Morgan fingerprint density at radius 2 is 2.00 bits per heavy atom. The van der Waals surface area contributed by atoms with Crippen molar-refractivity contribution in [2.45, 2.75) is 33.1 Å². The van der Waals surface area contributed by atoms with Gasteiger partial charge in [0.2, 0.25) is 5.91 Å². The Balaban J connectivity index is 2.15. The van der Waals surface area contributed by atoms with Gasteiger partial charge in [0, 0.05) is 20.3 Å². The molecule has 0 aromatic heterocycles. The number of hydrogen-bond acceptors (Lipinski definition) is 6. The van der Waals surface area contributed by atoms with Crippen LogP contribution in [-0.4, -0.2) is 55.9 Å². The summed E-state index contributed by atoms with van der Waals surface area (Å²) >= 11 is 0.851. The maximum atomic E-state index is 12.7. The molecule has 0 unspecified atom stereocenters. The van der Waals surface area contributed by atoms with Gasteiger partial charge in [-0.05, 0) is 65.9 Å². The van der Waals surface area contributed by atoms with E-state index in [0.29, 0.717) is 24.5 Å². The summed E-state index contributed by atoms with van der Waals surface area (Å²) in [5.41, 5.74) is 2.82. The maximum Gasteiger partial charge on any atom is 0.294 e. The van der Waals surface area contributed by atoms with Crippen molar-refractivity contribution in [3.63, 3.8) is 0 Å². The third kappa shape index (κ3) is 5.83. The number of carbonyl (C=O) groups is 3. The molecule has 158 valence electrons. The summed E-state index contributed by atoms with van der Waals surface area (Å²) in [6.07, 6.45) is 2.38. The van der Waals surface area contributed by atoms with Gasteiger partial charge in [-0.1, -0.05) is 13.8 Å². The highest BCUT2D eigenvalue weighted by atomic mass is 32.2. The lowest BCUT2D eigenvalue weighted by molar-refractivity contribution is -0.129. The van der Waals surface area contributed by atoms with E-state index in [1.807, 2.05) is 19.1 Å². The van der Waals surface area contributed by atoms with Crippen LogP contribution in [0.2, 0.25) is 0 Å². The van der Waals surface area contributed by atoms with Gasteiger partial charge in [0.1, 0.15) is 12.3 Å². The minimum atomic E-state index is -0.451. The molecular weight excluding hydrogens is 392 g/mol. The molecule has 1 aromatic carbocycles. The fourth-order valence-electron chi connectivity index (χ4n) is 2.92. The number of carbonyl (C=O) groups excluding carboxylic acids is 3. The van der Waals surface area contributed by atoms with Crippen molar-refractivity contribution >= 4 is 34.9 Å². The highest BCUT2D eigenvalue weighted by Gasteiger charge is 2.36. The van der Waals surface area contributed by atoms with Gasteiger partial charge >= 0.3 is 0 Å². The first-order valence-electron chi connectivity index (χ1n) is 9.48. The number of hydrogen-bond donors (Lipinski definition) is 1. The van der Waals surface area contributed by atoms with Crippen LogP contribution in [0, 0.1) is 6.92 Å². The molecule has 3 amide bonds. The van der Waals surface area contributed by atoms with Crippen LogP contribution in [0.15, 0.2) is 17.0 Å². The van der Waals surface area contributed by atoms with Crippen molar-refractivity contribution in [1.29, 1.82) is 0 Å². The third-order valence-electron chi connectivity index (χ3n) is 4.55. The zero-order valence-electron chi connectivity index (χ0n) is 17.5. The first kappa shape index (κ1) is 23.0. The molecule has 8 heteroatoms. The average molecular weight is 421 g/mol. The second-order valence-corrected chi connectivity index (χ2v) is 8.06. The highest BCUT2D eigenvalue weighted by Crippen LogP contribution is 2.35. The van der Waals surface area contributed by atoms with Gasteiger partial charge in [-0.15, -0.1) is 0 Å². The molecule has 0 aliphatic carbocycles. The SMILES string of the molecule is COCCCNC(=O)CN1C(=O)S/C(=C\c2cc(C(C)C)c(OC)cc2C)C1=O. The maximum absolute atomic E-state index is 12.7. The van der Waals surface area contributed by atoms with Gasteiger partial charge in [0.15, 0.2) is 0 Å². The average Bonchev–Trinajstić information content (AvgIpc) is 2.93. The van der Waals surface area contributed by atoms with E-state index in [9.17, 15) is 14.4 Å². The van der Waals surface area contributed by atoms with E-state index in [-0.39, 0.29) is 18.4 Å². The fourth-order valence-corrected chi connectivity index (χ4v) is 3.75. The molecule has 7 nitrogen and oxygen atoms in total. The van der Waals surface area contributed by atoms with Gasteiger partial charge in [0.25, 0.3) is 11.1 Å². The van der Waals surface area contributed by atoms with Gasteiger partial charge in [-0.3, -0.25) is 19.3 Å². The minimum absolute atomic E-state index is 0.245. The first-order valence-corrected chi connectivity index (χ1v) is 10.3. The Morgan fingerprint density at radius 1 is 1.28 bits per heavy atom. The molecule has 1 aliphatic rings. The monoisotopic (exact) mass is 420 g/mol. The molecule has 1 N–H and O–H groups in total. The Labute approximate surface area is 175 Å². The third-order valence-corrected chi connectivity index (χ3v) is 5.46. The number of methoxy groups -OCH3 is 2. The molecule has 0 radical (unpaired) electrons. The van der Waals surface area contributed by atoms with Crippen molar-refractivity contribution < 1.29 is 23.9 Å². The second-order valence-electron chi connectivity index (χ2n) is 7.07. The minimum Gasteiger partial charge on any atom is -0.496 e. The largest absolute Gasteiger partial charge is 0.496 e. The summed E-state index contributed by atoms with van der Waals surface area (Å²) in [4.78, 5) is 38.3. The van der Waals surface area contributed by atoms with Crippen LogP contribution in [0.25, 0.3) is 6.08 Å². The smallest absolute Gasteiger partial charge is 0.294 e. The van der Waals surface area contributed by atoms with Crippen LogP contribution in [-0.2, 0) is 14.3 Å². The molecule has 0 spiro atoms. The highest BCUT2D eigenvalue weighted by molar-refractivity contribution is 8.18. The van der Waals surface area contributed by atoms with Crippen molar-refractivity contribution in [2.24, 2.45) is 0 Å². The predicted octanol–water partition coefficient (Wildman–Crippen LogP) is 3.32. The van der Waals surface area contributed by atoms with Crippen LogP contribution in [0.5, 0.6) is 5.75 Å². The summed E-state index contributed by atoms with van der Waals surface area (Å²) in [5, 5.41) is 2.24. The summed E-state index contributed by atoms with van der Waals surface area (Å²) in [7, 11) is 3.22. The van der Waals surface area contributed by atoms with Crippen LogP contribution in [0.4, 0.5) is 4.79 Å². The van der Waals surface area contributed by atoms with Crippen LogP contribution >= 0.6 is 11.8 Å². The number of nitrogens with one attached hydrogen (secondary N) is 1. The lowest BCUT2D eigenvalue weighted by Crippen LogP contribution is -2.39. The van der Waals surface area contributed by atoms with E-state index in [4.69, 9.17) is 9.47 Å². The molecule has 0 bridgehead atoms. The lowest BCUT2D eigenvalue weighted by atomic mass is 9.96. The summed E-state index contributed by atoms with van der Waals surface area (Å²) < 4.78 is 10.4. The predicted molar refractivity (Wildman–Crippen MR) is 114 cm³/mol. The molecule has 1 fully saturated rings. The van der Waals surface area contributed by atoms with Crippen LogP contribution in [0.1, 0.15) is 42.9 Å². The van der Waals surface area contributed by atoms with Crippen LogP contribution < -0.4 is 10.1 Å². The Hall–Kier alpha value is -2.32. The number of rotatable bonds is 9. The zero-order chi connectivity index (χ0) is 21.6. The molecule has 1 heterocycles. The van der Waals surface area contributed by atoms with E-state index in [1.165, 1.54) is 0 Å². The zero-order valence-corrected chi connectivity index (χ0v) is 18.4. The Bertz CT molecular complexity index is 820. The fraction of sp³-hybridized carbons (Fsp3) is 0.476. The number of aryl methyl sites for hydroxylation is 1. The van der Waals surface area contributed by atoms with Crippen molar-refractivity contribution in [3.05, 3.63) is 33.7 Å². The van der Waals surface area contributed by atoms with E-state index >= 15 is 0 Å². The molecule has 1 aliphatic heterocycles. The van der Waals surface area contributed by atoms with E-state index in [0.717, 1.165) is 39.1 Å². The number of thioether (sulfide) groups is 1. The molecule has 1 aromatic rings. The van der Waals surface area contributed by atoms with Crippen molar-refractivity contribution in [3.8, 4) is 5.75 Å². The van der Waals surface area contributed by atoms with E-state index < -0.39 is 11.1 Å². The Kier molecular flexibility index (Phi) is 8.28. The van der Waals surface area contributed by atoms with E-state index in [1.54, 1.807) is 20.3 Å². The lowest BCUT2D eigenvalue weighted by Gasteiger charge is -2.15. The molecule has 1 saturated heterocycles. The molecule has 0 saturated carbocycles. The number of amides is 3. The number of nitrogens with zero attached hydrogens (tertiary/aromatic N) is 1. The normalized spacial score (nSPS) is 15.5. The summed E-state index contributed by atoms with van der Waals surface area (Å²) in [5.74, 6) is 0.225. The topological polar surface area (TPSA) is 84.9 Å². The second kappa shape index (κ2) is 10.5. The molecule has 0 atom stereocenters. The van der Waals surface area contributed by atoms with Crippen molar-refractivity contribution in [2.75, 3.05) is 33.9 Å². The summed E-state index contributed by atoms with van der Waals surface area (Å²) in [6.45, 7) is 6.74. The van der Waals surface area contributed by atoms with Gasteiger partial charge in [0.05, 0.1) is 12.0 Å². The molecule has 2 rings (SSSR count). The first-order chi connectivity index (χ1) is 13.8. The summed E-state index contributed by atoms with van der Waals surface area (Å²) in [6, 6.07) is 3.91. The van der Waals surface area contributed by atoms with Crippen molar-refractivity contribution in [1.82, 2.24) is 10.2 Å². The number of imide groups is 1. The number of ether oxygens (including phenoxy) is 2. The van der Waals surface area contributed by atoms with E-state index in [2.05, 4.69) is 19.2 Å². The van der Waals surface area contributed by atoms with Gasteiger partial charge in [-0.25, -0.2) is 0 Å². The standard InChI is InChI=1S/C21H28N2O5S/c1-13(2)16-10-15(14(3)9-17(16)28-5)11-18-20(25)23(21(26)29-18)12-19(24)22-7-6-8-27-4/h9-11,13H,6-8,12H2,1-5H3,(H,22,24)/b18-11-. The van der Waals surface area contributed by atoms with Gasteiger partial charge in [-0.2, -0.15) is 0 Å². The Morgan fingerprint density at radius 3 is 2.62 bits per heavy atom. The number of benzene rings is 1. The van der Waals surface area contributed by atoms with Crippen LogP contribution in [0.3, 0.4) is 0 Å². The quantitative estimate of drug-likeness (QED) is 0.487. The molecular formula is C21H28N2O5S.